The standard InChI is InChI=1S/C42H26O27.C32H20O21/c43-15-3(8-10(23(51)33(61)32(60)22(8)50)16(44)11(15)12-24(52)34(62)37(65)35(63)25(12)53)1-4-6(20(48)30(58)28(56)18(4)46)2(7-5(1)19(47)29(57)31(59)21(7)49)9-17(45)13-14-27(55)36(64)38(66)40(68)42(14)69-41(13)39(67)26(9)54;33-11-7(18(40)29(51)31-9(11)10-19(41)26(48)28(50)30(52)32(10)53-31)1-3-5(14(36)22(44)20(42)12(3)34)2(6-4(1)13(35)21(43)23(45)15(6)37)8-16(38)24(46)27(49)25(47)17(8)39/h43-68H;33-52H. The Morgan fingerprint density at radius 1 is 0.0738 bits per heavy atom. The summed E-state index contributed by atoms with van der Waals surface area (Å²) in [4.78, 5) is 0. The van der Waals surface area contributed by atoms with Crippen LogP contribution >= 0.6 is 0 Å². The van der Waals surface area contributed by atoms with Gasteiger partial charge in [0.15, 0.2) is 126 Å². The fourth-order valence-electron chi connectivity index (χ4n) is 14.9. The van der Waals surface area contributed by atoms with Gasteiger partial charge in [-0.05, 0) is 0 Å². The normalized spacial score (nSPS) is 11.8. The Balaban J connectivity index is 0.000000196. The summed E-state index contributed by atoms with van der Waals surface area (Å²) in [6.45, 7) is 0. The van der Waals surface area contributed by atoms with Crippen LogP contribution in [0.15, 0.2) is 8.83 Å². The average molecular weight is 1700 g/mol. The first-order chi connectivity index (χ1) is 56.9. The third-order valence-corrected chi connectivity index (χ3v) is 20.5. The highest BCUT2D eigenvalue weighted by molar-refractivity contribution is 6.36. The predicted molar refractivity (Wildman–Crippen MR) is 399 cm³/mol. The number of phenolic OH excluding ortho intramolecular Hbond substituents is 46. The molecule has 0 amide bonds. The van der Waals surface area contributed by atoms with Crippen LogP contribution in [0.5, 0.6) is 264 Å². The maximum absolute atomic E-state index is 12.4. The van der Waals surface area contributed by atoms with Gasteiger partial charge in [-0.25, -0.2) is 0 Å². The molecular weight excluding hydrogens is 1660 g/mol. The lowest BCUT2D eigenvalue weighted by molar-refractivity contribution is 0.329. The van der Waals surface area contributed by atoms with E-state index in [1.807, 2.05) is 0 Å². The number of aromatic hydroxyl groups is 46. The van der Waals surface area contributed by atoms with Crippen LogP contribution in [0, 0.1) is 0 Å². The molecule has 122 heavy (non-hydrogen) atoms. The van der Waals surface area contributed by atoms with Gasteiger partial charge in [0.25, 0.3) is 0 Å². The van der Waals surface area contributed by atoms with Crippen molar-refractivity contribution < 1.29 is 244 Å². The highest BCUT2D eigenvalue weighted by atomic mass is 16.4. The summed E-state index contributed by atoms with van der Waals surface area (Å²) in [5.41, 5.74) is -18.2. The lowest BCUT2D eigenvalue weighted by Crippen LogP contribution is -1.98. The number of rotatable bonds is 5. The van der Waals surface area contributed by atoms with Crippen molar-refractivity contribution >= 4 is 97.7 Å². The molecule has 0 atom stereocenters. The zero-order valence-corrected chi connectivity index (χ0v) is 58.4. The summed E-state index contributed by atoms with van der Waals surface area (Å²) in [5.74, 6) is -74.7. The molecule has 0 unspecified atom stereocenters. The third-order valence-electron chi connectivity index (χ3n) is 20.5. The Hall–Kier alpha value is -19.2. The SMILES string of the molecule is Oc1c(O)c(O)c(-c2c(O)c(-c3c4c(O)c(O)c(O)c(O)c4c(-c4c(O)c(O)c5oc6c(O)c(O)c(O)c(O)c6c5c4O)c4c(O)c(O)c(O)c(O)c34)c3c(O)c(O)c(O)c(O)c3c2O)c(O)c1O.Oc1c(O)c(O)c(-c2c3c(O)c(O)c(O)c(O)c3c(-c3c(O)c(O)c4oc5c(O)c(O)c(O)c(O)c5c4c3O)c3c(O)c(O)c(O)c(O)c23)c(O)c1O. The molecule has 14 aromatic carbocycles. The molecule has 0 aliphatic carbocycles. The number of hydrogen-bond acceptors (Lipinski definition) is 48. The van der Waals surface area contributed by atoms with Crippen molar-refractivity contribution in [2.24, 2.45) is 0 Å². The van der Waals surface area contributed by atoms with Crippen LogP contribution in [0.3, 0.4) is 0 Å². The van der Waals surface area contributed by atoms with Gasteiger partial charge < -0.3 is 244 Å². The van der Waals surface area contributed by atoms with E-state index in [-0.39, 0.29) is 0 Å². The molecule has 0 radical (unpaired) electrons. The molecule has 2 heterocycles. The summed E-state index contributed by atoms with van der Waals surface area (Å²) in [6, 6.07) is 0. The fraction of sp³-hybridized carbons (Fsp3) is 0. The van der Waals surface area contributed by atoms with Crippen LogP contribution in [-0.4, -0.2) is 235 Å². The van der Waals surface area contributed by atoms with Crippen molar-refractivity contribution in [1.29, 1.82) is 0 Å². The summed E-state index contributed by atoms with van der Waals surface area (Å²) in [6.07, 6.45) is 0. The number of benzene rings is 14. The minimum atomic E-state index is -1.86. The lowest BCUT2D eigenvalue weighted by Gasteiger charge is -2.26. The zero-order valence-electron chi connectivity index (χ0n) is 58.4. The first-order valence-corrected chi connectivity index (χ1v) is 32.6. The zero-order chi connectivity index (χ0) is 90.1. The molecular formula is C74H46O48. The summed E-state index contributed by atoms with van der Waals surface area (Å²) in [5, 5.41) is 489. The Kier molecular flexibility index (Phi) is 15.8. The first kappa shape index (κ1) is 78.1. The molecule has 0 aliphatic heterocycles. The highest BCUT2D eigenvalue weighted by Crippen LogP contribution is 2.74. The summed E-state index contributed by atoms with van der Waals surface area (Å²) < 4.78 is 10.5. The van der Waals surface area contributed by atoms with Gasteiger partial charge in [0.05, 0.1) is 54.7 Å². The van der Waals surface area contributed by atoms with Crippen molar-refractivity contribution in [2.75, 3.05) is 0 Å². The maximum Gasteiger partial charge on any atom is 0.208 e. The van der Waals surface area contributed by atoms with Crippen molar-refractivity contribution in [3.05, 3.63) is 0 Å². The minimum absolute atomic E-state index is 0.892. The van der Waals surface area contributed by atoms with Crippen molar-refractivity contribution in [2.45, 2.75) is 0 Å². The molecule has 0 saturated heterocycles. The molecule has 48 heteroatoms. The quantitative estimate of drug-likeness (QED) is 0.0445. The van der Waals surface area contributed by atoms with Crippen molar-refractivity contribution in [3.8, 4) is 320 Å². The second-order valence-electron chi connectivity index (χ2n) is 26.6. The third kappa shape index (κ3) is 9.06. The summed E-state index contributed by atoms with van der Waals surface area (Å²) in [7, 11) is 0. The van der Waals surface area contributed by atoms with E-state index >= 15 is 0 Å². The molecule has 16 aromatic rings. The number of phenols is 46. The van der Waals surface area contributed by atoms with Crippen LogP contribution in [0.4, 0.5) is 0 Å². The van der Waals surface area contributed by atoms with E-state index in [9.17, 15) is 235 Å². The van der Waals surface area contributed by atoms with Crippen molar-refractivity contribution in [1.82, 2.24) is 0 Å². The smallest absolute Gasteiger partial charge is 0.208 e. The summed E-state index contributed by atoms with van der Waals surface area (Å²) >= 11 is 0. The van der Waals surface area contributed by atoms with Gasteiger partial charge in [-0.2, -0.15) is 0 Å². The molecule has 2 aromatic heterocycles. The van der Waals surface area contributed by atoms with Gasteiger partial charge in [0.1, 0.15) is 23.0 Å². The molecule has 46 N–H and O–H groups in total. The topological polar surface area (TPSA) is 957 Å². The Labute approximate surface area is 659 Å². The van der Waals surface area contributed by atoms with E-state index in [1.54, 1.807) is 0 Å². The van der Waals surface area contributed by atoms with Gasteiger partial charge in [-0.15, -0.1) is 0 Å². The van der Waals surface area contributed by atoms with Gasteiger partial charge in [0, 0.05) is 76.3 Å². The van der Waals surface area contributed by atoms with Crippen LogP contribution in [0.1, 0.15) is 0 Å². The monoisotopic (exact) mass is 1700 g/mol. The maximum atomic E-state index is 12.4. The molecule has 0 saturated carbocycles. The van der Waals surface area contributed by atoms with E-state index < -0.39 is 418 Å². The van der Waals surface area contributed by atoms with Gasteiger partial charge >= 0.3 is 0 Å². The Morgan fingerprint density at radius 3 is 0.418 bits per heavy atom. The van der Waals surface area contributed by atoms with E-state index in [2.05, 4.69) is 0 Å². The largest absolute Gasteiger partial charge is 0.506 e. The van der Waals surface area contributed by atoms with E-state index in [1.165, 1.54) is 0 Å². The second-order valence-corrected chi connectivity index (χ2v) is 26.6. The lowest BCUT2D eigenvalue weighted by atomic mass is 9.80. The number of furan rings is 2. The van der Waals surface area contributed by atoms with E-state index in [4.69, 9.17) is 8.83 Å². The predicted octanol–water partition coefficient (Wildman–Crippen LogP) is 7.73. The van der Waals surface area contributed by atoms with Gasteiger partial charge in [-0.1, -0.05) is 0 Å². The molecule has 48 nitrogen and oxygen atoms in total. The molecule has 0 aliphatic rings. The van der Waals surface area contributed by atoms with Gasteiger partial charge in [-0.3, -0.25) is 0 Å². The highest BCUT2D eigenvalue weighted by Gasteiger charge is 2.45. The minimum Gasteiger partial charge on any atom is -0.506 e. The fourth-order valence-corrected chi connectivity index (χ4v) is 14.9. The number of hydrogen-bond donors (Lipinski definition) is 46. The average Bonchev–Trinajstić information content (AvgIpc) is 0.786. The van der Waals surface area contributed by atoms with Crippen molar-refractivity contribution in [3.63, 3.8) is 0 Å². The van der Waals surface area contributed by atoms with Crippen LogP contribution < -0.4 is 0 Å². The second kappa shape index (κ2) is 24.7. The van der Waals surface area contributed by atoms with Crippen LogP contribution in [0.2, 0.25) is 0 Å². The first-order valence-electron chi connectivity index (χ1n) is 32.6. The Morgan fingerprint density at radius 2 is 0.189 bits per heavy atom. The molecule has 630 valence electrons. The van der Waals surface area contributed by atoms with Gasteiger partial charge in [0.2, 0.25) is 138 Å². The van der Waals surface area contributed by atoms with E-state index in [0.717, 1.165) is 0 Å². The van der Waals surface area contributed by atoms with Crippen LogP contribution in [0.25, 0.3) is 153 Å². The number of fused-ring (bicyclic) bond motifs is 11. The molecule has 0 bridgehead atoms. The molecule has 0 spiro atoms. The molecule has 16 rings (SSSR count). The van der Waals surface area contributed by atoms with E-state index in [0.29, 0.717) is 0 Å². The van der Waals surface area contributed by atoms with Crippen LogP contribution in [-0.2, 0) is 0 Å². The molecule has 0 fully saturated rings. The Bertz CT molecular complexity index is 7520.